The highest BCUT2D eigenvalue weighted by Gasteiger charge is 2.29. The fraction of sp³-hybridized carbons (Fsp3) is 0.917. The smallest absolute Gasteiger partial charge is 0.222 e. The summed E-state index contributed by atoms with van der Waals surface area (Å²) in [5, 5.41) is 9.79. The summed E-state index contributed by atoms with van der Waals surface area (Å²) in [6.07, 6.45) is 2.86. The van der Waals surface area contributed by atoms with Gasteiger partial charge in [0.25, 0.3) is 0 Å². The first-order chi connectivity index (χ1) is 7.48. The van der Waals surface area contributed by atoms with Gasteiger partial charge >= 0.3 is 0 Å². The Bertz CT molecular complexity index is 227. The second-order valence-electron chi connectivity index (χ2n) is 5.09. The van der Waals surface area contributed by atoms with E-state index in [2.05, 4.69) is 6.92 Å². The summed E-state index contributed by atoms with van der Waals surface area (Å²) in [5.74, 6) is 0.489. The Kier molecular flexibility index (Phi) is 4.74. The van der Waals surface area contributed by atoms with Gasteiger partial charge in [-0.15, -0.1) is 0 Å². The molecule has 1 atom stereocenters. The summed E-state index contributed by atoms with van der Waals surface area (Å²) in [6.45, 7) is 5.82. The zero-order valence-corrected chi connectivity index (χ0v) is 10.4. The van der Waals surface area contributed by atoms with Crippen LogP contribution in [0.5, 0.6) is 0 Å². The first-order valence-electron chi connectivity index (χ1n) is 6.18. The predicted molar refractivity (Wildman–Crippen MR) is 63.9 cm³/mol. The largest absolute Gasteiger partial charge is 0.390 e. The van der Waals surface area contributed by atoms with Crippen LogP contribution in [0.2, 0.25) is 0 Å². The highest BCUT2D eigenvalue weighted by Crippen LogP contribution is 2.22. The maximum Gasteiger partial charge on any atom is 0.222 e. The summed E-state index contributed by atoms with van der Waals surface area (Å²) in [5.41, 5.74) is 5.00. The van der Waals surface area contributed by atoms with E-state index in [1.54, 1.807) is 0 Å². The second kappa shape index (κ2) is 5.64. The van der Waals surface area contributed by atoms with Crippen LogP contribution in [0.15, 0.2) is 0 Å². The number of likely N-dealkylation sites (tertiary alicyclic amines) is 1. The number of piperidine rings is 1. The van der Waals surface area contributed by atoms with Crippen LogP contribution in [0.3, 0.4) is 0 Å². The van der Waals surface area contributed by atoms with Crippen LogP contribution in [0, 0.1) is 5.92 Å². The van der Waals surface area contributed by atoms with Gasteiger partial charge in [-0.05, 0) is 32.2 Å². The van der Waals surface area contributed by atoms with E-state index in [1.165, 1.54) is 0 Å². The minimum Gasteiger partial charge on any atom is -0.390 e. The molecule has 0 radical (unpaired) electrons. The lowest BCUT2D eigenvalue weighted by atomic mass is 9.93. The molecule has 0 aromatic carbocycles. The lowest BCUT2D eigenvalue weighted by molar-refractivity contribution is -0.135. The fourth-order valence-corrected chi connectivity index (χ4v) is 2.01. The molecule has 3 N–H and O–H groups in total. The van der Waals surface area contributed by atoms with Crippen molar-refractivity contribution in [2.45, 2.75) is 45.1 Å². The molecule has 1 heterocycles. The number of hydrogen-bond donors (Lipinski definition) is 2. The fourth-order valence-electron chi connectivity index (χ4n) is 2.01. The van der Waals surface area contributed by atoms with E-state index in [4.69, 9.17) is 5.73 Å². The molecule has 1 aliphatic rings. The molecular weight excluding hydrogens is 204 g/mol. The minimum atomic E-state index is -0.588. The Morgan fingerprint density at radius 1 is 1.50 bits per heavy atom. The number of carbonyl (C=O) groups excluding carboxylic acids is 1. The van der Waals surface area contributed by atoms with Crippen molar-refractivity contribution in [2.75, 3.05) is 19.6 Å². The minimum absolute atomic E-state index is 0.188. The molecule has 0 spiro atoms. The predicted octanol–water partition coefficient (Wildman–Crippen LogP) is 0.735. The lowest BCUT2D eigenvalue weighted by Crippen LogP contribution is -2.45. The molecule has 1 unspecified atom stereocenters. The molecule has 0 aromatic rings. The molecular formula is C12H24N2O2. The quantitative estimate of drug-likeness (QED) is 0.745. The van der Waals surface area contributed by atoms with Gasteiger partial charge in [0.15, 0.2) is 0 Å². The zero-order valence-electron chi connectivity index (χ0n) is 10.4. The van der Waals surface area contributed by atoms with E-state index < -0.39 is 5.60 Å². The van der Waals surface area contributed by atoms with Crippen LogP contribution in [-0.4, -0.2) is 41.1 Å². The molecule has 1 aliphatic heterocycles. The van der Waals surface area contributed by atoms with Crippen molar-refractivity contribution in [2.24, 2.45) is 11.7 Å². The van der Waals surface area contributed by atoms with Gasteiger partial charge in [0, 0.05) is 19.5 Å². The molecule has 1 rings (SSSR count). The molecule has 1 saturated heterocycles. The molecule has 4 heteroatoms. The SMILES string of the molecule is CCC(CN)CC(=O)N1CCC(C)(O)CC1. The number of amides is 1. The summed E-state index contributed by atoms with van der Waals surface area (Å²) in [4.78, 5) is 13.8. The van der Waals surface area contributed by atoms with Gasteiger partial charge in [0.1, 0.15) is 0 Å². The van der Waals surface area contributed by atoms with E-state index in [9.17, 15) is 9.90 Å². The molecule has 0 aliphatic carbocycles. The van der Waals surface area contributed by atoms with E-state index in [1.807, 2.05) is 11.8 Å². The lowest BCUT2D eigenvalue weighted by Gasteiger charge is -2.36. The van der Waals surface area contributed by atoms with Crippen LogP contribution in [-0.2, 0) is 4.79 Å². The third kappa shape index (κ3) is 3.76. The van der Waals surface area contributed by atoms with Crippen LogP contribution < -0.4 is 5.73 Å². The highest BCUT2D eigenvalue weighted by molar-refractivity contribution is 5.76. The topological polar surface area (TPSA) is 66.6 Å². The van der Waals surface area contributed by atoms with Crippen LogP contribution >= 0.6 is 0 Å². The molecule has 0 bridgehead atoms. The van der Waals surface area contributed by atoms with Gasteiger partial charge in [-0.2, -0.15) is 0 Å². The van der Waals surface area contributed by atoms with Gasteiger partial charge in [-0.1, -0.05) is 13.3 Å². The zero-order chi connectivity index (χ0) is 12.2. The third-order valence-electron chi connectivity index (χ3n) is 3.57. The normalized spacial score (nSPS) is 21.9. The Labute approximate surface area is 97.8 Å². The first-order valence-corrected chi connectivity index (χ1v) is 6.18. The van der Waals surface area contributed by atoms with Crippen molar-refractivity contribution in [3.63, 3.8) is 0 Å². The van der Waals surface area contributed by atoms with Crippen molar-refractivity contribution in [3.8, 4) is 0 Å². The van der Waals surface area contributed by atoms with Gasteiger partial charge in [-0.3, -0.25) is 4.79 Å². The van der Waals surface area contributed by atoms with Gasteiger partial charge in [-0.25, -0.2) is 0 Å². The molecule has 1 fully saturated rings. The van der Waals surface area contributed by atoms with E-state index >= 15 is 0 Å². The van der Waals surface area contributed by atoms with Crippen molar-refractivity contribution < 1.29 is 9.90 Å². The summed E-state index contributed by atoms with van der Waals surface area (Å²) in [7, 11) is 0. The maximum atomic E-state index is 11.9. The monoisotopic (exact) mass is 228 g/mol. The Balaban J connectivity index is 2.38. The van der Waals surface area contributed by atoms with Crippen molar-refractivity contribution in [1.29, 1.82) is 0 Å². The number of hydrogen-bond acceptors (Lipinski definition) is 3. The summed E-state index contributed by atoms with van der Waals surface area (Å²) >= 11 is 0. The van der Waals surface area contributed by atoms with Crippen molar-refractivity contribution in [1.82, 2.24) is 4.90 Å². The average Bonchev–Trinajstić information content (AvgIpc) is 2.25. The third-order valence-corrected chi connectivity index (χ3v) is 3.57. The van der Waals surface area contributed by atoms with Gasteiger partial charge in [0.2, 0.25) is 5.91 Å². The Hall–Kier alpha value is -0.610. The van der Waals surface area contributed by atoms with Gasteiger partial charge in [0.05, 0.1) is 5.60 Å². The van der Waals surface area contributed by atoms with E-state index in [0.717, 1.165) is 6.42 Å². The molecule has 0 aromatic heterocycles. The van der Waals surface area contributed by atoms with E-state index in [-0.39, 0.29) is 5.91 Å². The summed E-state index contributed by atoms with van der Waals surface area (Å²) in [6, 6.07) is 0. The number of nitrogens with two attached hydrogens (primary N) is 1. The standard InChI is InChI=1S/C12H24N2O2/c1-3-10(9-13)8-11(15)14-6-4-12(2,16)5-7-14/h10,16H,3-9,13H2,1-2H3. The van der Waals surface area contributed by atoms with E-state index in [0.29, 0.717) is 44.8 Å². The molecule has 0 saturated carbocycles. The van der Waals surface area contributed by atoms with Crippen LogP contribution in [0.1, 0.15) is 39.5 Å². The average molecular weight is 228 g/mol. The molecule has 16 heavy (non-hydrogen) atoms. The van der Waals surface area contributed by atoms with Crippen molar-refractivity contribution in [3.05, 3.63) is 0 Å². The Morgan fingerprint density at radius 2 is 2.06 bits per heavy atom. The molecule has 4 nitrogen and oxygen atoms in total. The first kappa shape index (κ1) is 13.5. The molecule has 94 valence electrons. The number of carbonyl (C=O) groups is 1. The summed E-state index contributed by atoms with van der Waals surface area (Å²) < 4.78 is 0. The van der Waals surface area contributed by atoms with Crippen LogP contribution in [0.4, 0.5) is 0 Å². The Morgan fingerprint density at radius 3 is 2.50 bits per heavy atom. The second-order valence-corrected chi connectivity index (χ2v) is 5.09. The maximum absolute atomic E-state index is 11.9. The van der Waals surface area contributed by atoms with Crippen molar-refractivity contribution >= 4 is 5.91 Å². The number of aliphatic hydroxyl groups is 1. The van der Waals surface area contributed by atoms with Crippen LogP contribution in [0.25, 0.3) is 0 Å². The van der Waals surface area contributed by atoms with Gasteiger partial charge < -0.3 is 15.7 Å². The highest BCUT2D eigenvalue weighted by atomic mass is 16.3. The molecule has 1 amide bonds. The number of nitrogens with zero attached hydrogens (tertiary/aromatic N) is 1. The number of rotatable bonds is 4.